The molecule has 0 saturated heterocycles. The van der Waals surface area contributed by atoms with E-state index in [-0.39, 0.29) is 11.7 Å². The van der Waals surface area contributed by atoms with Crippen LogP contribution >= 0.6 is 0 Å². The summed E-state index contributed by atoms with van der Waals surface area (Å²) in [7, 11) is 0. The van der Waals surface area contributed by atoms with Crippen molar-refractivity contribution in [2.24, 2.45) is 0 Å². The molecule has 0 radical (unpaired) electrons. The zero-order valence-electron chi connectivity index (χ0n) is 16.3. The molecule has 0 aromatic heterocycles. The van der Waals surface area contributed by atoms with Crippen LogP contribution in [0.2, 0.25) is 0 Å². The van der Waals surface area contributed by atoms with Gasteiger partial charge in [-0.1, -0.05) is 54.6 Å². The lowest BCUT2D eigenvalue weighted by Crippen LogP contribution is -2.29. The molecule has 3 aromatic rings. The minimum Gasteiger partial charge on any atom is -0.308 e. The van der Waals surface area contributed by atoms with Crippen molar-refractivity contribution in [2.75, 3.05) is 4.90 Å². The fourth-order valence-electron chi connectivity index (χ4n) is 3.75. The van der Waals surface area contributed by atoms with E-state index in [9.17, 15) is 9.59 Å². The summed E-state index contributed by atoms with van der Waals surface area (Å²) < 4.78 is 15.1. The van der Waals surface area contributed by atoms with Crippen molar-refractivity contribution in [3.8, 4) is 11.1 Å². The second kappa shape index (κ2) is 7.47. The molecule has 0 atom stereocenters. The molecule has 4 heteroatoms. The van der Waals surface area contributed by atoms with Crippen molar-refractivity contribution < 1.29 is 14.0 Å². The number of nitrogens with zero attached hydrogens (tertiary/aromatic N) is 1. The highest BCUT2D eigenvalue weighted by Crippen LogP contribution is 2.34. The SMILES string of the molecule is CC(=O)c1ccccc1-c1cc2c(cc1F)/C=C\c1ccccc1N(C(C)=O)C2. The number of anilines is 1. The fraction of sp³-hybridized carbons (Fsp3) is 0.120. The maximum atomic E-state index is 15.1. The van der Waals surface area contributed by atoms with Gasteiger partial charge in [-0.2, -0.15) is 0 Å². The Hall–Kier alpha value is -3.53. The van der Waals surface area contributed by atoms with Gasteiger partial charge in [-0.25, -0.2) is 4.39 Å². The molecule has 0 fully saturated rings. The van der Waals surface area contributed by atoms with Gasteiger partial charge in [0.05, 0.1) is 12.2 Å². The maximum absolute atomic E-state index is 15.1. The van der Waals surface area contributed by atoms with E-state index < -0.39 is 5.82 Å². The molecule has 4 rings (SSSR count). The molecule has 0 unspecified atom stereocenters. The smallest absolute Gasteiger partial charge is 0.224 e. The number of Topliss-reactive ketones (excluding diaryl/α,β-unsaturated/α-hetero) is 1. The minimum absolute atomic E-state index is 0.0892. The average molecular weight is 385 g/mol. The van der Waals surface area contributed by atoms with E-state index in [0.717, 1.165) is 16.8 Å². The van der Waals surface area contributed by atoms with Crippen molar-refractivity contribution in [2.45, 2.75) is 20.4 Å². The number of hydrogen-bond acceptors (Lipinski definition) is 2. The van der Waals surface area contributed by atoms with Crippen LogP contribution in [0.1, 0.15) is 40.9 Å². The van der Waals surface area contributed by atoms with Crippen molar-refractivity contribution in [3.63, 3.8) is 0 Å². The van der Waals surface area contributed by atoms with E-state index in [1.807, 2.05) is 36.4 Å². The molecule has 0 bridgehead atoms. The van der Waals surface area contributed by atoms with E-state index in [1.165, 1.54) is 19.9 Å². The fourth-order valence-corrected chi connectivity index (χ4v) is 3.75. The maximum Gasteiger partial charge on any atom is 0.224 e. The highest BCUT2D eigenvalue weighted by Gasteiger charge is 2.21. The Morgan fingerprint density at radius 3 is 2.31 bits per heavy atom. The number of para-hydroxylation sites is 1. The predicted molar refractivity (Wildman–Crippen MR) is 114 cm³/mol. The van der Waals surface area contributed by atoms with Gasteiger partial charge >= 0.3 is 0 Å². The summed E-state index contributed by atoms with van der Waals surface area (Å²) in [5.74, 6) is -0.607. The third kappa shape index (κ3) is 3.49. The second-order valence-electron chi connectivity index (χ2n) is 7.13. The van der Waals surface area contributed by atoms with E-state index in [0.29, 0.717) is 28.8 Å². The van der Waals surface area contributed by atoms with Crippen molar-refractivity contribution >= 4 is 29.5 Å². The van der Waals surface area contributed by atoms with E-state index in [2.05, 4.69) is 0 Å². The molecule has 0 spiro atoms. The molecule has 1 aliphatic rings. The summed E-state index contributed by atoms with van der Waals surface area (Å²) in [6.45, 7) is 3.32. The number of amides is 1. The zero-order valence-corrected chi connectivity index (χ0v) is 16.3. The van der Waals surface area contributed by atoms with Gasteiger partial charge in [-0.3, -0.25) is 9.59 Å². The van der Waals surface area contributed by atoms with E-state index in [4.69, 9.17) is 0 Å². The summed E-state index contributed by atoms with van der Waals surface area (Å²) in [6.07, 6.45) is 3.77. The average Bonchev–Trinajstić information content (AvgIpc) is 2.70. The Kier molecular flexibility index (Phi) is 4.85. The predicted octanol–water partition coefficient (Wildman–Crippen LogP) is 5.73. The van der Waals surface area contributed by atoms with Crippen LogP contribution in [0.3, 0.4) is 0 Å². The number of ketones is 1. The van der Waals surface area contributed by atoms with Crippen LogP contribution in [0.4, 0.5) is 10.1 Å². The van der Waals surface area contributed by atoms with Crippen LogP contribution in [0, 0.1) is 5.82 Å². The van der Waals surface area contributed by atoms with Gasteiger partial charge in [-0.15, -0.1) is 0 Å². The lowest BCUT2D eigenvalue weighted by atomic mass is 9.92. The number of hydrogen-bond donors (Lipinski definition) is 0. The van der Waals surface area contributed by atoms with Gasteiger partial charge < -0.3 is 4.90 Å². The Bertz CT molecular complexity index is 1160. The molecular formula is C25H20FNO2. The molecule has 0 saturated carbocycles. The first-order valence-corrected chi connectivity index (χ1v) is 9.43. The van der Waals surface area contributed by atoms with Crippen LogP contribution in [0.15, 0.2) is 60.7 Å². The van der Waals surface area contributed by atoms with Gasteiger partial charge in [0.2, 0.25) is 5.91 Å². The summed E-state index contributed by atoms with van der Waals surface area (Å²) in [5.41, 5.74) is 4.65. The largest absolute Gasteiger partial charge is 0.308 e. The van der Waals surface area contributed by atoms with Crippen LogP contribution in [-0.4, -0.2) is 11.7 Å². The van der Waals surface area contributed by atoms with Gasteiger partial charge in [-0.05, 0) is 47.4 Å². The van der Waals surface area contributed by atoms with Gasteiger partial charge in [0, 0.05) is 18.1 Å². The molecule has 1 amide bonds. The molecule has 1 aliphatic heterocycles. The Balaban J connectivity index is 1.91. The molecule has 0 aliphatic carbocycles. The Morgan fingerprint density at radius 1 is 0.862 bits per heavy atom. The van der Waals surface area contributed by atoms with Crippen molar-refractivity contribution in [3.05, 3.63) is 88.7 Å². The summed E-state index contributed by atoms with van der Waals surface area (Å²) >= 11 is 0. The van der Waals surface area contributed by atoms with E-state index >= 15 is 4.39 Å². The van der Waals surface area contributed by atoms with E-state index in [1.54, 1.807) is 35.2 Å². The molecule has 144 valence electrons. The molecule has 29 heavy (non-hydrogen) atoms. The minimum atomic E-state index is -0.398. The topological polar surface area (TPSA) is 37.4 Å². The Labute approximate surface area is 169 Å². The Morgan fingerprint density at radius 2 is 1.55 bits per heavy atom. The number of fused-ring (bicyclic) bond motifs is 2. The first kappa shape index (κ1) is 18.8. The number of halogens is 1. The summed E-state index contributed by atoms with van der Waals surface area (Å²) in [5, 5.41) is 0. The summed E-state index contributed by atoms with van der Waals surface area (Å²) in [4.78, 5) is 26.1. The van der Waals surface area contributed by atoms with Crippen LogP contribution in [0.25, 0.3) is 23.3 Å². The van der Waals surface area contributed by atoms with Gasteiger partial charge in [0.1, 0.15) is 5.82 Å². The lowest BCUT2D eigenvalue weighted by Gasteiger charge is -2.26. The van der Waals surface area contributed by atoms with Crippen LogP contribution in [0.5, 0.6) is 0 Å². The highest BCUT2D eigenvalue weighted by atomic mass is 19.1. The number of benzene rings is 3. The molecule has 0 N–H and O–H groups in total. The number of rotatable bonds is 2. The first-order valence-electron chi connectivity index (χ1n) is 9.43. The third-order valence-corrected chi connectivity index (χ3v) is 5.20. The summed E-state index contributed by atoms with van der Waals surface area (Å²) in [6, 6.07) is 17.9. The van der Waals surface area contributed by atoms with Crippen molar-refractivity contribution in [1.29, 1.82) is 0 Å². The monoisotopic (exact) mass is 385 g/mol. The first-order chi connectivity index (χ1) is 14.0. The molecule has 3 aromatic carbocycles. The highest BCUT2D eigenvalue weighted by molar-refractivity contribution is 6.01. The second-order valence-corrected chi connectivity index (χ2v) is 7.13. The molecule has 1 heterocycles. The van der Waals surface area contributed by atoms with Crippen LogP contribution in [-0.2, 0) is 11.3 Å². The lowest BCUT2D eigenvalue weighted by molar-refractivity contribution is -0.116. The molecule has 3 nitrogen and oxygen atoms in total. The normalized spacial score (nSPS) is 13.7. The standard InChI is InChI=1S/C25H20FNO2/c1-16(28)21-8-4-5-9-22(21)23-13-20-15-27(17(2)29)25-10-6-3-7-18(25)11-12-19(20)14-24(23)26/h3-14H,15H2,1-2H3/b12-11-. The van der Waals surface area contributed by atoms with Crippen molar-refractivity contribution in [1.82, 2.24) is 0 Å². The van der Waals surface area contributed by atoms with Crippen LogP contribution < -0.4 is 4.90 Å². The molecular weight excluding hydrogens is 365 g/mol. The quantitative estimate of drug-likeness (QED) is 0.528. The van der Waals surface area contributed by atoms with Gasteiger partial charge in [0.15, 0.2) is 5.78 Å². The number of carbonyl (C=O) groups excluding carboxylic acids is 2. The third-order valence-electron chi connectivity index (χ3n) is 5.20. The van der Waals surface area contributed by atoms with Gasteiger partial charge in [0.25, 0.3) is 0 Å². The zero-order chi connectivity index (χ0) is 20.5. The number of carbonyl (C=O) groups is 2.